The molecule has 1 unspecified atom stereocenters. The number of amides is 1. The second-order valence-electron chi connectivity index (χ2n) is 4.63. The monoisotopic (exact) mass is 334 g/mol. The molecule has 0 fully saturated rings. The van der Waals surface area contributed by atoms with Crippen LogP contribution in [0.1, 0.15) is 20.0 Å². The normalized spacial score (nSPS) is 13.7. The third kappa shape index (κ3) is 3.16. The standard InChI is InChI=1S/C12H13Cl3N4O/c1-7(2)10(20)16-11(12(13,14)15)19-9-6-4-3-5-8(9)17-18-19/h3-7,11H,1-2H3,(H,16,20). The van der Waals surface area contributed by atoms with Crippen molar-refractivity contribution in [1.29, 1.82) is 0 Å². The third-order valence-electron chi connectivity index (χ3n) is 2.74. The van der Waals surface area contributed by atoms with E-state index in [1.807, 2.05) is 12.1 Å². The molecular formula is C12H13Cl3N4O. The van der Waals surface area contributed by atoms with E-state index < -0.39 is 9.96 Å². The predicted octanol–water partition coefficient (Wildman–Crippen LogP) is 3.07. The average molecular weight is 336 g/mol. The number of nitrogens with zero attached hydrogens (tertiary/aromatic N) is 3. The van der Waals surface area contributed by atoms with Gasteiger partial charge < -0.3 is 5.32 Å². The van der Waals surface area contributed by atoms with Crippen LogP contribution in [0.5, 0.6) is 0 Å². The maximum atomic E-state index is 11.9. The number of carbonyl (C=O) groups excluding carboxylic acids is 1. The van der Waals surface area contributed by atoms with E-state index >= 15 is 0 Å². The highest BCUT2D eigenvalue weighted by atomic mass is 35.6. The third-order valence-corrected chi connectivity index (χ3v) is 3.36. The molecule has 0 spiro atoms. The summed E-state index contributed by atoms with van der Waals surface area (Å²) in [5.74, 6) is -0.472. The van der Waals surface area contributed by atoms with Gasteiger partial charge in [0.25, 0.3) is 0 Å². The molecule has 1 amide bonds. The van der Waals surface area contributed by atoms with E-state index in [0.717, 1.165) is 0 Å². The van der Waals surface area contributed by atoms with Gasteiger partial charge in [-0.25, -0.2) is 4.68 Å². The van der Waals surface area contributed by atoms with Gasteiger partial charge in [0.2, 0.25) is 9.70 Å². The predicted molar refractivity (Wildman–Crippen MR) is 79.8 cm³/mol. The second-order valence-corrected chi connectivity index (χ2v) is 7.00. The van der Waals surface area contributed by atoms with Crippen LogP contribution in [0.25, 0.3) is 11.0 Å². The molecular weight excluding hydrogens is 323 g/mol. The van der Waals surface area contributed by atoms with Crippen molar-refractivity contribution in [3.63, 3.8) is 0 Å². The maximum Gasteiger partial charge on any atom is 0.230 e. The Bertz CT molecular complexity index is 620. The van der Waals surface area contributed by atoms with Crippen LogP contribution in [0, 0.1) is 5.92 Å². The topological polar surface area (TPSA) is 59.8 Å². The molecule has 0 aliphatic heterocycles. The number of para-hydroxylation sites is 1. The summed E-state index contributed by atoms with van der Waals surface area (Å²) in [5, 5.41) is 10.6. The lowest BCUT2D eigenvalue weighted by molar-refractivity contribution is -0.125. The molecule has 1 heterocycles. The number of carbonyl (C=O) groups is 1. The fourth-order valence-corrected chi connectivity index (χ4v) is 2.10. The molecule has 1 atom stereocenters. The van der Waals surface area contributed by atoms with Crippen LogP contribution < -0.4 is 5.32 Å². The minimum absolute atomic E-state index is 0.235. The van der Waals surface area contributed by atoms with Crippen LogP contribution in [0.4, 0.5) is 0 Å². The van der Waals surface area contributed by atoms with Crippen LogP contribution in [-0.4, -0.2) is 24.7 Å². The Balaban J connectivity index is 2.44. The van der Waals surface area contributed by atoms with Crippen molar-refractivity contribution >= 4 is 51.7 Å². The fourth-order valence-electron chi connectivity index (χ4n) is 1.66. The molecule has 5 nitrogen and oxygen atoms in total. The van der Waals surface area contributed by atoms with Crippen molar-refractivity contribution in [2.24, 2.45) is 5.92 Å². The summed E-state index contributed by atoms with van der Waals surface area (Å²) in [4.78, 5) is 11.9. The van der Waals surface area contributed by atoms with Crippen molar-refractivity contribution in [2.45, 2.75) is 23.8 Å². The SMILES string of the molecule is CC(C)C(=O)NC(n1nnc2ccccc21)C(Cl)(Cl)Cl. The summed E-state index contributed by atoms with van der Waals surface area (Å²) in [6.07, 6.45) is -0.935. The summed E-state index contributed by atoms with van der Waals surface area (Å²) in [5.41, 5.74) is 1.33. The summed E-state index contributed by atoms with van der Waals surface area (Å²) in [6.45, 7) is 3.51. The minimum atomic E-state index is -1.75. The molecule has 20 heavy (non-hydrogen) atoms. The first-order valence-corrected chi connectivity index (χ1v) is 7.11. The number of fused-ring (bicyclic) bond motifs is 1. The number of alkyl halides is 3. The first kappa shape index (κ1) is 15.4. The Morgan fingerprint density at radius 3 is 2.55 bits per heavy atom. The van der Waals surface area contributed by atoms with Gasteiger partial charge in [0.1, 0.15) is 5.52 Å². The Kier molecular flexibility index (Phi) is 4.42. The summed E-state index contributed by atoms with van der Waals surface area (Å²) < 4.78 is -0.344. The number of hydrogen-bond acceptors (Lipinski definition) is 3. The van der Waals surface area contributed by atoms with Gasteiger partial charge in [-0.2, -0.15) is 0 Å². The number of benzene rings is 1. The zero-order valence-electron chi connectivity index (χ0n) is 10.8. The van der Waals surface area contributed by atoms with E-state index in [0.29, 0.717) is 11.0 Å². The van der Waals surface area contributed by atoms with Gasteiger partial charge in [0.15, 0.2) is 6.17 Å². The molecule has 108 valence electrons. The Morgan fingerprint density at radius 2 is 1.95 bits per heavy atom. The lowest BCUT2D eigenvalue weighted by atomic mass is 10.2. The number of aromatic nitrogens is 3. The van der Waals surface area contributed by atoms with Gasteiger partial charge in [-0.3, -0.25) is 4.79 Å². The van der Waals surface area contributed by atoms with Gasteiger partial charge in [0.05, 0.1) is 5.52 Å². The molecule has 2 rings (SSSR count). The van der Waals surface area contributed by atoms with Crippen LogP contribution in [0.3, 0.4) is 0 Å². The Hall–Kier alpha value is -1.04. The molecule has 1 aromatic carbocycles. The fraction of sp³-hybridized carbons (Fsp3) is 0.417. The minimum Gasteiger partial charge on any atom is -0.330 e. The quantitative estimate of drug-likeness (QED) is 0.877. The molecule has 0 aliphatic carbocycles. The van der Waals surface area contributed by atoms with Gasteiger partial charge in [-0.1, -0.05) is 66.0 Å². The second kappa shape index (κ2) is 5.76. The van der Waals surface area contributed by atoms with Crippen LogP contribution in [-0.2, 0) is 4.79 Å². The molecule has 8 heteroatoms. The summed E-state index contributed by atoms with van der Waals surface area (Å²) >= 11 is 17.9. The van der Waals surface area contributed by atoms with E-state index in [-0.39, 0.29) is 11.8 Å². The largest absolute Gasteiger partial charge is 0.330 e. The molecule has 0 saturated carbocycles. The van der Waals surface area contributed by atoms with E-state index in [9.17, 15) is 4.79 Å². The number of hydrogen-bond donors (Lipinski definition) is 1. The van der Waals surface area contributed by atoms with E-state index in [4.69, 9.17) is 34.8 Å². The molecule has 0 saturated heterocycles. The van der Waals surface area contributed by atoms with Gasteiger partial charge >= 0.3 is 0 Å². The average Bonchev–Trinajstić information content (AvgIpc) is 2.77. The van der Waals surface area contributed by atoms with E-state index in [2.05, 4.69) is 15.6 Å². The molecule has 1 aromatic heterocycles. The van der Waals surface area contributed by atoms with Crippen molar-refractivity contribution in [2.75, 3.05) is 0 Å². The highest BCUT2D eigenvalue weighted by Gasteiger charge is 2.37. The van der Waals surface area contributed by atoms with E-state index in [1.165, 1.54) is 4.68 Å². The van der Waals surface area contributed by atoms with Gasteiger partial charge in [-0.15, -0.1) is 5.10 Å². The molecule has 2 aromatic rings. The van der Waals surface area contributed by atoms with Crippen molar-refractivity contribution < 1.29 is 4.79 Å². The summed E-state index contributed by atoms with van der Waals surface area (Å²) in [6, 6.07) is 7.24. The smallest absolute Gasteiger partial charge is 0.230 e. The van der Waals surface area contributed by atoms with E-state index in [1.54, 1.807) is 26.0 Å². The highest BCUT2D eigenvalue weighted by molar-refractivity contribution is 6.67. The van der Waals surface area contributed by atoms with Crippen molar-refractivity contribution in [1.82, 2.24) is 20.3 Å². The number of rotatable bonds is 3. The molecule has 0 radical (unpaired) electrons. The van der Waals surface area contributed by atoms with Gasteiger partial charge in [-0.05, 0) is 12.1 Å². The zero-order valence-corrected chi connectivity index (χ0v) is 13.1. The highest BCUT2D eigenvalue weighted by Crippen LogP contribution is 2.37. The Morgan fingerprint density at radius 1 is 1.30 bits per heavy atom. The molecule has 0 aliphatic rings. The number of nitrogens with one attached hydrogen (secondary N) is 1. The lowest BCUT2D eigenvalue weighted by Crippen LogP contribution is -2.42. The van der Waals surface area contributed by atoms with Crippen LogP contribution in [0.15, 0.2) is 24.3 Å². The first-order valence-electron chi connectivity index (χ1n) is 5.97. The zero-order chi connectivity index (χ0) is 14.9. The molecule has 0 bridgehead atoms. The van der Waals surface area contributed by atoms with Crippen LogP contribution in [0.2, 0.25) is 0 Å². The maximum absolute atomic E-state index is 11.9. The molecule has 1 N–H and O–H groups in total. The van der Waals surface area contributed by atoms with Gasteiger partial charge in [0, 0.05) is 5.92 Å². The van der Waals surface area contributed by atoms with Crippen LogP contribution >= 0.6 is 34.8 Å². The van der Waals surface area contributed by atoms with Crippen molar-refractivity contribution in [3.8, 4) is 0 Å². The van der Waals surface area contributed by atoms with Crippen molar-refractivity contribution in [3.05, 3.63) is 24.3 Å². The first-order chi connectivity index (χ1) is 9.30. The Labute approximate surface area is 131 Å². The number of halogens is 3. The lowest BCUT2D eigenvalue weighted by Gasteiger charge is -2.26. The summed E-state index contributed by atoms with van der Waals surface area (Å²) in [7, 11) is 0.